The van der Waals surface area contributed by atoms with E-state index in [-0.39, 0.29) is 24.4 Å². The number of carbonyl (C=O) groups excluding carboxylic acids is 1. The molecule has 0 saturated carbocycles. The first-order valence-electron chi connectivity index (χ1n) is 5.94. The summed E-state index contributed by atoms with van der Waals surface area (Å²) in [6.07, 6.45) is 2.53. The summed E-state index contributed by atoms with van der Waals surface area (Å²) in [7, 11) is 0. The van der Waals surface area contributed by atoms with Crippen LogP contribution >= 0.6 is 24.0 Å². The van der Waals surface area contributed by atoms with E-state index in [1.54, 1.807) is 0 Å². The molecular formula is C13H18Cl2N2O. The van der Waals surface area contributed by atoms with Crippen molar-refractivity contribution in [2.75, 3.05) is 13.1 Å². The molecule has 1 aliphatic rings. The topological polar surface area (TPSA) is 46.3 Å². The highest BCUT2D eigenvalue weighted by atomic mass is 35.5. The van der Waals surface area contributed by atoms with Crippen LogP contribution in [0.4, 0.5) is 0 Å². The minimum absolute atomic E-state index is 0. The summed E-state index contributed by atoms with van der Waals surface area (Å²) in [4.78, 5) is 14.0. The number of amides is 1. The molecule has 1 heterocycles. The minimum atomic E-state index is 0. The van der Waals surface area contributed by atoms with Crippen LogP contribution in [-0.4, -0.2) is 29.9 Å². The highest BCUT2D eigenvalue weighted by Crippen LogP contribution is 2.18. The van der Waals surface area contributed by atoms with Gasteiger partial charge in [-0.25, -0.2) is 0 Å². The van der Waals surface area contributed by atoms with Gasteiger partial charge in [-0.15, -0.1) is 12.4 Å². The van der Waals surface area contributed by atoms with Crippen LogP contribution in [0.3, 0.4) is 0 Å². The zero-order chi connectivity index (χ0) is 12.3. The van der Waals surface area contributed by atoms with Crippen LogP contribution in [0, 0.1) is 0 Å². The van der Waals surface area contributed by atoms with Gasteiger partial charge in [0.25, 0.3) is 0 Å². The number of halogens is 2. The number of hydrogen-bond donors (Lipinski definition) is 1. The van der Waals surface area contributed by atoms with Gasteiger partial charge in [0.1, 0.15) is 0 Å². The zero-order valence-corrected chi connectivity index (χ0v) is 11.7. The van der Waals surface area contributed by atoms with E-state index in [2.05, 4.69) is 0 Å². The molecule has 0 radical (unpaired) electrons. The number of nitrogens with zero attached hydrogens (tertiary/aromatic N) is 1. The lowest BCUT2D eigenvalue weighted by Gasteiger charge is -2.23. The van der Waals surface area contributed by atoms with Gasteiger partial charge in [-0.05, 0) is 30.5 Å². The summed E-state index contributed by atoms with van der Waals surface area (Å²) in [5.41, 5.74) is 6.67. The van der Waals surface area contributed by atoms with Gasteiger partial charge in [-0.1, -0.05) is 23.7 Å². The molecule has 0 spiro atoms. The maximum Gasteiger partial charge on any atom is 0.227 e. The lowest BCUT2D eigenvalue weighted by Crippen LogP contribution is -2.40. The zero-order valence-electron chi connectivity index (χ0n) is 10.1. The predicted molar refractivity (Wildman–Crippen MR) is 76.2 cm³/mol. The second-order valence-corrected chi connectivity index (χ2v) is 4.86. The quantitative estimate of drug-likeness (QED) is 0.927. The van der Waals surface area contributed by atoms with Crippen molar-refractivity contribution in [2.24, 2.45) is 5.73 Å². The van der Waals surface area contributed by atoms with Gasteiger partial charge in [0.2, 0.25) is 5.91 Å². The van der Waals surface area contributed by atoms with E-state index in [0.717, 1.165) is 24.9 Å². The minimum Gasteiger partial charge on any atom is -0.338 e. The van der Waals surface area contributed by atoms with Crippen molar-refractivity contribution in [3.05, 3.63) is 34.9 Å². The molecule has 3 nitrogen and oxygen atoms in total. The monoisotopic (exact) mass is 288 g/mol. The van der Waals surface area contributed by atoms with Gasteiger partial charge in [0.05, 0.1) is 6.42 Å². The van der Waals surface area contributed by atoms with Gasteiger partial charge >= 0.3 is 0 Å². The maximum absolute atomic E-state index is 12.1. The molecule has 0 aromatic heterocycles. The number of rotatable bonds is 3. The molecule has 1 fully saturated rings. The average Bonchev–Trinajstić information content (AvgIpc) is 2.80. The normalized spacial score (nSPS) is 18.6. The molecule has 0 aliphatic carbocycles. The van der Waals surface area contributed by atoms with Gasteiger partial charge in [-0.2, -0.15) is 0 Å². The van der Waals surface area contributed by atoms with E-state index >= 15 is 0 Å². The van der Waals surface area contributed by atoms with Crippen molar-refractivity contribution < 1.29 is 4.79 Å². The molecule has 1 unspecified atom stereocenters. The van der Waals surface area contributed by atoms with Crippen molar-refractivity contribution in [3.63, 3.8) is 0 Å². The standard InChI is InChI=1S/C13H17ClN2O.ClH/c14-11-5-3-10(4-6-11)8-13(17)16-7-1-2-12(16)9-15;/h3-6,12H,1-2,7-9,15H2;1H. The van der Waals surface area contributed by atoms with E-state index in [9.17, 15) is 4.79 Å². The SMILES string of the molecule is Cl.NCC1CCCN1C(=O)Cc1ccc(Cl)cc1. The molecule has 2 N–H and O–H groups in total. The van der Waals surface area contributed by atoms with Gasteiger partial charge in [-0.3, -0.25) is 4.79 Å². The Labute approximate surface area is 119 Å². The Morgan fingerprint density at radius 2 is 2.06 bits per heavy atom. The average molecular weight is 289 g/mol. The lowest BCUT2D eigenvalue weighted by atomic mass is 10.1. The number of benzene rings is 1. The summed E-state index contributed by atoms with van der Waals surface area (Å²) in [6, 6.07) is 7.65. The summed E-state index contributed by atoms with van der Waals surface area (Å²) >= 11 is 5.81. The second kappa shape index (κ2) is 6.98. The largest absolute Gasteiger partial charge is 0.338 e. The molecule has 1 aromatic carbocycles. The Kier molecular flexibility index (Phi) is 5.93. The van der Waals surface area contributed by atoms with Crippen molar-refractivity contribution in [1.82, 2.24) is 4.90 Å². The first-order chi connectivity index (χ1) is 8.20. The third kappa shape index (κ3) is 3.61. The smallest absolute Gasteiger partial charge is 0.227 e. The van der Waals surface area contributed by atoms with Gasteiger partial charge in [0.15, 0.2) is 0 Å². The molecule has 1 atom stereocenters. The van der Waals surface area contributed by atoms with Crippen molar-refractivity contribution in [3.8, 4) is 0 Å². The van der Waals surface area contributed by atoms with Crippen LogP contribution in [-0.2, 0) is 11.2 Å². The molecule has 1 aliphatic heterocycles. The number of carbonyl (C=O) groups is 1. The first kappa shape index (κ1) is 15.3. The molecule has 1 amide bonds. The molecule has 1 saturated heterocycles. The molecule has 100 valence electrons. The molecule has 5 heteroatoms. The maximum atomic E-state index is 12.1. The van der Waals surface area contributed by atoms with E-state index in [1.807, 2.05) is 29.2 Å². The third-order valence-corrected chi connectivity index (χ3v) is 3.49. The molecule has 1 aromatic rings. The van der Waals surface area contributed by atoms with Crippen LogP contribution in [0.25, 0.3) is 0 Å². The van der Waals surface area contributed by atoms with Crippen molar-refractivity contribution in [2.45, 2.75) is 25.3 Å². The van der Waals surface area contributed by atoms with Crippen molar-refractivity contribution in [1.29, 1.82) is 0 Å². The highest BCUT2D eigenvalue weighted by Gasteiger charge is 2.27. The van der Waals surface area contributed by atoms with Crippen LogP contribution in [0.2, 0.25) is 5.02 Å². The lowest BCUT2D eigenvalue weighted by molar-refractivity contribution is -0.131. The fourth-order valence-corrected chi connectivity index (χ4v) is 2.41. The fraction of sp³-hybridized carbons (Fsp3) is 0.462. The predicted octanol–water partition coefficient (Wildman–Crippen LogP) is 2.25. The third-order valence-electron chi connectivity index (χ3n) is 3.24. The van der Waals surface area contributed by atoms with Gasteiger partial charge in [0, 0.05) is 24.2 Å². The Morgan fingerprint density at radius 1 is 1.39 bits per heavy atom. The summed E-state index contributed by atoms with van der Waals surface area (Å²) < 4.78 is 0. The Morgan fingerprint density at radius 3 is 2.67 bits per heavy atom. The van der Waals surface area contributed by atoms with Crippen LogP contribution in [0.15, 0.2) is 24.3 Å². The van der Waals surface area contributed by atoms with Crippen LogP contribution in [0.1, 0.15) is 18.4 Å². The second-order valence-electron chi connectivity index (χ2n) is 4.42. The summed E-state index contributed by atoms with van der Waals surface area (Å²) in [5.74, 6) is 0.167. The first-order valence-corrected chi connectivity index (χ1v) is 6.32. The van der Waals surface area contributed by atoms with E-state index in [1.165, 1.54) is 0 Å². The Hall–Kier alpha value is -0.770. The Balaban J connectivity index is 0.00000162. The van der Waals surface area contributed by atoms with Gasteiger partial charge < -0.3 is 10.6 Å². The summed E-state index contributed by atoms with van der Waals surface area (Å²) in [5, 5.41) is 0.696. The Bertz CT molecular complexity index is 394. The molecular weight excluding hydrogens is 271 g/mol. The van der Waals surface area contributed by atoms with E-state index in [0.29, 0.717) is 18.0 Å². The van der Waals surface area contributed by atoms with Crippen molar-refractivity contribution >= 4 is 29.9 Å². The number of likely N-dealkylation sites (tertiary alicyclic amines) is 1. The molecule has 0 bridgehead atoms. The summed E-state index contributed by atoms with van der Waals surface area (Å²) in [6.45, 7) is 1.40. The highest BCUT2D eigenvalue weighted by molar-refractivity contribution is 6.30. The molecule has 2 rings (SSSR count). The van der Waals surface area contributed by atoms with Crippen LogP contribution in [0.5, 0.6) is 0 Å². The fourth-order valence-electron chi connectivity index (χ4n) is 2.29. The van der Waals surface area contributed by atoms with E-state index < -0.39 is 0 Å². The molecule has 18 heavy (non-hydrogen) atoms. The number of nitrogens with two attached hydrogens (primary N) is 1. The van der Waals surface area contributed by atoms with Crippen LogP contribution < -0.4 is 5.73 Å². The van der Waals surface area contributed by atoms with E-state index in [4.69, 9.17) is 17.3 Å². The number of hydrogen-bond acceptors (Lipinski definition) is 2.